The van der Waals surface area contributed by atoms with Crippen LogP contribution in [-0.2, 0) is 11.3 Å². The first kappa shape index (κ1) is 19.3. The van der Waals surface area contributed by atoms with Gasteiger partial charge in [0.05, 0.1) is 5.56 Å². The molecule has 0 aliphatic heterocycles. The molecule has 2 aromatic carbocycles. The van der Waals surface area contributed by atoms with Gasteiger partial charge in [-0.1, -0.05) is 35.0 Å². The maximum Gasteiger partial charge on any atom is 0.259 e. The average Bonchev–Trinajstić information content (AvgIpc) is 3.20. The minimum Gasteiger partial charge on any atom is -0.334 e. The van der Waals surface area contributed by atoms with Crippen LogP contribution >= 0.6 is 0 Å². The number of carbonyl (C=O) groups excluding carboxylic acids is 1. The van der Waals surface area contributed by atoms with Crippen LogP contribution in [-0.4, -0.2) is 20.6 Å². The van der Waals surface area contributed by atoms with Crippen molar-refractivity contribution in [2.75, 3.05) is 5.32 Å². The van der Waals surface area contributed by atoms with Gasteiger partial charge in [-0.25, -0.2) is 4.39 Å². The van der Waals surface area contributed by atoms with Crippen molar-refractivity contribution in [3.8, 4) is 22.8 Å². The number of aromatic nitrogens is 3. The van der Waals surface area contributed by atoms with Crippen LogP contribution in [0, 0.1) is 12.7 Å². The van der Waals surface area contributed by atoms with Crippen LogP contribution in [0.2, 0.25) is 0 Å². The molecule has 0 aliphatic rings. The molecule has 2 heterocycles. The van der Waals surface area contributed by atoms with Crippen LogP contribution < -0.4 is 10.9 Å². The van der Waals surface area contributed by atoms with E-state index in [0.717, 1.165) is 11.1 Å². The van der Waals surface area contributed by atoms with Gasteiger partial charge in [0.2, 0.25) is 11.7 Å². The zero-order valence-corrected chi connectivity index (χ0v) is 16.0. The van der Waals surface area contributed by atoms with Crippen molar-refractivity contribution in [2.24, 2.45) is 0 Å². The SMILES string of the molecule is Cc1cccc(-c2noc(-c3ccc(=O)n(CC(=O)Nc4cccc(F)c4)c3)n2)c1. The number of nitrogens with one attached hydrogen (secondary N) is 1. The van der Waals surface area contributed by atoms with Crippen LogP contribution in [0.5, 0.6) is 0 Å². The van der Waals surface area contributed by atoms with Crippen molar-refractivity contribution in [3.63, 3.8) is 0 Å². The monoisotopic (exact) mass is 404 g/mol. The van der Waals surface area contributed by atoms with Crippen molar-refractivity contribution in [3.05, 3.63) is 88.6 Å². The number of rotatable bonds is 5. The molecule has 30 heavy (non-hydrogen) atoms. The second-order valence-electron chi connectivity index (χ2n) is 6.74. The van der Waals surface area contributed by atoms with E-state index in [1.807, 2.05) is 31.2 Å². The van der Waals surface area contributed by atoms with E-state index < -0.39 is 11.7 Å². The third-order valence-electron chi connectivity index (χ3n) is 4.36. The van der Waals surface area contributed by atoms with Crippen molar-refractivity contribution in [2.45, 2.75) is 13.5 Å². The highest BCUT2D eigenvalue weighted by molar-refractivity contribution is 5.90. The smallest absolute Gasteiger partial charge is 0.259 e. The minimum atomic E-state index is -0.467. The van der Waals surface area contributed by atoms with Crippen LogP contribution in [0.15, 0.2) is 76.2 Å². The predicted molar refractivity (Wildman–Crippen MR) is 109 cm³/mol. The largest absolute Gasteiger partial charge is 0.334 e. The molecule has 0 atom stereocenters. The molecule has 0 saturated heterocycles. The Balaban J connectivity index is 1.55. The highest BCUT2D eigenvalue weighted by Gasteiger charge is 2.13. The average molecular weight is 404 g/mol. The van der Waals surface area contributed by atoms with Gasteiger partial charge in [0.1, 0.15) is 12.4 Å². The summed E-state index contributed by atoms with van der Waals surface area (Å²) in [6.07, 6.45) is 1.47. The van der Waals surface area contributed by atoms with E-state index >= 15 is 0 Å². The highest BCUT2D eigenvalue weighted by atomic mass is 19.1. The molecule has 8 heteroatoms. The number of amides is 1. The quantitative estimate of drug-likeness (QED) is 0.548. The van der Waals surface area contributed by atoms with Crippen molar-refractivity contribution in [1.82, 2.24) is 14.7 Å². The molecule has 0 radical (unpaired) electrons. The maximum atomic E-state index is 13.3. The van der Waals surface area contributed by atoms with Gasteiger partial charge in [-0.05, 0) is 37.3 Å². The lowest BCUT2D eigenvalue weighted by Crippen LogP contribution is -2.26. The Hall–Kier alpha value is -4.07. The lowest BCUT2D eigenvalue weighted by atomic mass is 10.1. The van der Waals surface area contributed by atoms with Gasteiger partial charge in [-0.15, -0.1) is 0 Å². The van der Waals surface area contributed by atoms with E-state index in [2.05, 4.69) is 15.5 Å². The summed E-state index contributed by atoms with van der Waals surface area (Å²) in [6.45, 7) is 1.72. The van der Waals surface area contributed by atoms with E-state index in [0.29, 0.717) is 17.1 Å². The third kappa shape index (κ3) is 4.33. The Morgan fingerprint density at radius 3 is 2.73 bits per heavy atom. The van der Waals surface area contributed by atoms with E-state index in [1.165, 1.54) is 35.0 Å². The number of benzene rings is 2. The van der Waals surface area contributed by atoms with Crippen LogP contribution in [0.1, 0.15) is 5.56 Å². The molecule has 2 aromatic heterocycles. The first-order chi connectivity index (χ1) is 14.5. The van der Waals surface area contributed by atoms with Crippen LogP contribution in [0.3, 0.4) is 0 Å². The summed E-state index contributed by atoms with van der Waals surface area (Å²) in [6, 6.07) is 16.1. The maximum absolute atomic E-state index is 13.3. The Bertz CT molecular complexity index is 1280. The highest BCUT2D eigenvalue weighted by Crippen LogP contribution is 2.22. The number of aryl methyl sites for hydroxylation is 1. The summed E-state index contributed by atoms with van der Waals surface area (Å²) in [5.74, 6) is -0.278. The topological polar surface area (TPSA) is 90.0 Å². The van der Waals surface area contributed by atoms with E-state index in [9.17, 15) is 14.0 Å². The van der Waals surface area contributed by atoms with Crippen LogP contribution in [0.4, 0.5) is 10.1 Å². The second-order valence-corrected chi connectivity index (χ2v) is 6.74. The number of hydrogen-bond donors (Lipinski definition) is 1. The first-order valence-corrected chi connectivity index (χ1v) is 9.15. The molecule has 4 rings (SSSR count). The first-order valence-electron chi connectivity index (χ1n) is 9.15. The molecule has 4 aromatic rings. The number of carbonyl (C=O) groups is 1. The standard InChI is InChI=1S/C22H17FN4O3/c1-14-4-2-5-15(10-14)21-25-22(30-26-21)16-8-9-20(29)27(12-16)13-19(28)24-18-7-3-6-17(23)11-18/h2-12H,13H2,1H3,(H,24,28). The van der Waals surface area contributed by atoms with E-state index in [1.54, 1.807) is 12.1 Å². The summed E-state index contributed by atoms with van der Waals surface area (Å²) < 4.78 is 19.8. The van der Waals surface area contributed by atoms with Crippen LogP contribution in [0.25, 0.3) is 22.8 Å². The zero-order chi connectivity index (χ0) is 21.1. The second kappa shape index (κ2) is 8.12. The zero-order valence-electron chi connectivity index (χ0n) is 16.0. The van der Waals surface area contributed by atoms with Gasteiger partial charge >= 0.3 is 0 Å². The fourth-order valence-corrected chi connectivity index (χ4v) is 2.95. The molecule has 7 nitrogen and oxygen atoms in total. The lowest BCUT2D eigenvalue weighted by molar-refractivity contribution is -0.116. The number of hydrogen-bond acceptors (Lipinski definition) is 5. The van der Waals surface area contributed by atoms with Crippen molar-refractivity contribution >= 4 is 11.6 Å². The van der Waals surface area contributed by atoms with Crippen molar-refractivity contribution < 1.29 is 13.7 Å². The number of anilines is 1. The minimum absolute atomic E-state index is 0.228. The molecule has 0 fully saturated rings. The summed E-state index contributed by atoms with van der Waals surface area (Å²) in [4.78, 5) is 28.8. The molecule has 0 saturated carbocycles. The van der Waals surface area contributed by atoms with Gasteiger partial charge in [-0.2, -0.15) is 4.98 Å². The molecular formula is C22H17FN4O3. The van der Waals surface area contributed by atoms with Gasteiger partial charge < -0.3 is 14.4 Å². The molecule has 1 amide bonds. The van der Waals surface area contributed by atoms with E-state index in [-0.39, 0.29) is 18.0 Å². The summed E-state index contributed by atoms with van der Waals surface area (Å²) >= 11 is 0. The number of pyridine rings is 1. The molecule has 1 N–H and O–H groups in total. The normalized spacial score (nSPS) is 10.7. The molecule has 0 unspecified atom stereocenters. The Kier molecular flexibility index (Phi) is 5.21. The number of halogens is 1. The molecule has 0 bridgehead atoms. The van der Waals surface area contributed by atoms with Gasteiger partial charge in [0.25, 0.3) is 11.4 Å². The Morgan fingerprint density at radius 1 is 1.10 bits per heavy atom. The fraction of sp³-hybridized carbons (Fsp3) is 0.0909. The Labute approximate surface area is 170 Å². The molecule has 0 aliphatic carbocycles. The van der Waals surface area contributed by atoms with E-state index in [4.69, 9.17) is 4.52 Å². The fourth-order valence-electron chi connectivity index (χ4n) is 2.95. The van der Waals surface area contributed by atoms with Crippen molar-refractivity contribution in [1.29, 1.82) is 0 Å². The summed E-state index contributed by atoms with van der Waals surface area (Å²) in [7, 11) is 0. The van der Waals surface area contributed by atoms with Gasteiger partial charge in [0.15, 0.2) is 0 Å². The summed E-state index contributed by atoms with van der Waals surface area (Å²) in [5, 5.41) is 6.55. The van der Waals surface area contributed by atoms with Gasteiger partial charge in [0, 0.05) is 23.5 Å². The predicted octanol–water partition coefficient (Wildman–Crippen LogP) is 3.65. The lowest BCUT2D eigenvalue weighted by Gasteiger charge is -2.08. The number of nitrogens with zero attached hydrogens (tertiary/aromatic N) is 3. The third-order valence-corrected chi connectivity index (χ3v) is 4.36. The molecule has 150 valence electrons. The molecule has 0 spiro atoms. The van der Waals surface area contributed by atoms with Gasteiger partial charge in [-0.3, -0.25) is 9.59 Å². The Morgan fingerprint density at radius 2 is 1.93 bits per heavy atom. The molecular weight excluding hydrogens is 387 g/mol. The summed E-state index contributed by atoms with van der Waals surface area (Å²) in [5.41, 5.74) is 2.32.